The summed E-state index contributed by atoms with van der Waals surface area (Å²) in [7, 11) is -0.0772. The Bertz CT molecular complexity index is 1170. The lowest BCUT2D eigenvalue weighted by atomic mass is 10.2. The van der Waals surface area contributed by atoms with Gasteiger partial charge < -0.3 is 4.74 Å². The Hall–Kier alpha value is -1.21. The average Bonchev–Trinajstić information content (AvgIpc) is 2.66. The maximum Gasteiger partial charge on any atom is 0.337 e. The molecule has 2 aromatic rings. The number of hydrogen-bond donors (Lipinski definition) is 0. The molecular formula is C18H21BrCl2N2O6S2. The van der Waals surface area contributed by atoms with E-state index in [4.69, 9.17) is 23.2 Å². The molecule has 0 aliphatic rings. The Morgan fingerprint density at radius 3 is 1.61 bits per heavy atom. The highest BCUT2D eigenvalue weighted by atomic mass is 79.9. The molecule has 8 nitrogen and oxygen atoms in total. The van der Waals surface area contributed by atoms with Gasteiger partial charge in [0.2, 0.25) is 20.0 Å². The van der Waals surface area contributed by atoms with Crippen molar-refractivity contribution in [1.29, 1.82) is 0 Å². The second-order valence-electron chi connectivity index (χ2n) is 6.29. The van der Waals surface area contributed by atoms with Crippen molar-refractivity contribution in [3.05, 3.63) is 56.5 Å². The van der Waals surface area contributed by atoms with Crippen LogP contribution in [0.15, 0.2) is 50.7 Å². The van der Waals surface area contributed by atoms with Crippen LogP contribution in [0.5, 0.6) is 0 Å². The lowest BCUT2D eigenvalue weighted by molar-refractivity contribution is 0.0600. The SMILES string of the molecule is CN(C)S(=O)(=O)c1ccc(Br)cc1Cl.COC(=O)c1ccc(S(=O)(=O)N(C)C)c(Cl)c1. The molecule has 172 valence electrons. The monoisotopic (exact) mass is 574 g/mol. The Kier molecular flexibility index (Phi) is 9.95. The quantitative estimate of drug-likeness (QED) is 0.503. The van der Waals surface area contributed by atoms with E-state index in [1.54, 1.807) is 12.1 Å². The average molecular weight is 576 g/mol. The molecule has 0 bridgehead atoms. The first-order valence-corrected chi connectivity index (χ1v) is 12.8. The minimum atomic E-state index is -3.61. The van der Waals surface area contributed by atoms with Crippen molar-refractivity contribution in [3.63, 3.8) is 0 Å². The molecule has 0 spiro atoms. The molecule has 0 heterocycles. The van der Waals surface area contributed by atoms with Crippen molar-refractivity contribution in [2.75, 3.05) is 35.3 Å². The summed E-state index contributed by atoms with van der Waals surface area (Å²) in [5, 5.41) is 0.203. The van der Waals surface area contributed by atoms with Gasteiger partial charge in [0.15, 0.2) is 0 Å². The van der Waals surface area contributed by atoms with E-state index in [0.717, 1.165) is 13.1 Å². The van der Waals surface area contributed by atoms with Gasteiger partial charge in [0, 0.05) is 32.7 Å². The number of nitrogens with zero attached hydrogens (tertiary/aromatic N) is 2. The van der Waals surface area contributed by atoms with E-state index in [9.17, 15) is 21.6 Å². The maximum absolute atomic E-state index is 11.8. The highest BCUT2D eigenvalue weighted by Crippen LogP contribution is 2.27. The summed E-state index contributed by atoms with van der Waals surface area (Å²) in [5.41, 5.74) is 0.204. The van der Waals surface area contributed by atoms with Crippen LogP contribution in [0, 0.1) is 0 Å². The van der Waals surface area contributed by atoms with Gasteiger partial charge in [0.05, 0.1) is 22.7 Å². The molecule has 0 aromatic heterocycles. The zero-order valence-corrected chi connectivity index (χ0v) is 22.0. The molecule has 2 rings (SSSR count). The third-order valence-electron chi connectivity index (χ3n) is 3.76. The third-order valence-corrected chi connectivity index (χ3v) is 8.85. The van der Waals surface area contributed by atoms with Gasteiger partial charge in [0.25, 0.3) is 0 Å². The van der Waals surface area contributed by atoms with Crippen LogP contribution < -0.4 is 0 Å². The fourth-order valence-electron chi connectivity index (χ4n) is 2.03. The van der Waals surface area contributed by atoms with Crippen LogP contribution >= 0.6 is 39.1 Å². The summed E-state index contributed by atoms with van der Waals surface area (Å²) < 4.78 is 54.5. The number of hydrogen-bond acceptors (Lipinski definition) is 6. The molecule has 0 fully saturated rings. The number of esters is 1. The van der Waals surface area contributed by atoms with Crippen LogP contribution in [0.4, 0.5) is 0 Å². The second-order valence-corrected chi connectivity index (χ2v) is 12.3. The van der Waals surface area contributed by atoms with Crippen molar-refractivity contribution in [3.8, 4) is 0 Å². The summed E-state index contributed by atoms with van der Waals surface area (Å²) in [4.78, 5) is 11.3. The van der Waals surface area contributed by atoms with Crippen molar-refractivity contribution < 1.29 is 26.4 Å². The van der Waals surface area contributed by atoms with Crippen molar-refractivity contribution in [2.45, 2.75) is 9.79 Å². The van der Waals surface area contributed by atoms with E-state index in [1.165, 1.54) is 59.6 Å². The standard InChI is InChI=1S/C10H12ClNO4S.C8H9BrClNO2S/c1-12(2)17(14,15)9-5-4-7(6-8(9)11)10(13)16-3;1-11(2)14(12,13)8-4-3-6(9)5-7(8)10/h4-6H,1-3H3;3-5H,1-2H3. The molecular weight excluding hydrogens is 555 g/mol. The van der Waals surface area contributed by atoms with E-state index >= 15 is 0 Å². The van der Waals surface area contributed by atoms with Crippen LogP contribution in [0.2, 0.25) is 10.0 Å². The van der Waals surface area contributed by atoms with Crippen LogP contribution in [0.1, 0.15) is 10.4 Å². The zero-order valence-electron chi connectivity index (χ0n) is 17.3. The molecule has 0 aliphatic carbocycles. The zero-order chi connectivity index (χ0) is 24.1. The number of benzene rings is 2. The molecule has 0 N–H and O–H groups in total. The predicted octanol–water partition coefficient (Wildman–Crippen LogP) is 3.73. The minimum absolute atomic E-state index is 0.0124. The fraction of sp³-hybridized carbons (Fsp3) is 0.278. The van der Waals surface area contributed by atoms with Crippen LogP contribution in [0.25, 0.3) is 0 Å². The smallest absolute Gasteiger partial charge is 0.337 e. The molecule has 31 heavy (non-hydrogen) atoms. The largest absolute Gasteiger partial charge is 0.465 e. The molecule has 13 heteroatoms. The van der Waals surface area contributed by atoms with Crippen molar-refractivity contribution in [1.82, 2.24) is 8.61 Å². The second kappa shape index (κ2) is 11.1. The number of carbonyl (C=O) groups excluding carboxylic acids is 1. The van der Waals surface area contributed by atoms with Gasteiger partial charge in [0.1, 0.15) is 9.79 Å². The number of carbonyl (C=O) groups is 1. The molecule has 0 aliphatic heterocycles. The molecule has 0 unspecified atom stereocenters. The first-order valence-electron chi connectivity index (χ1n) is 8.34. The van der Waals surface area contributed by atoms with E-state index in [2.05, 4.69) is 20.7 Å². The predicted molar refractivity (Wildman–Crippen MR) is 124 cm³/mol. The normalized spacial score (nSPS) is 11.8. The van der Waals surface area contributed by atoms with Gasteiger partial charge >= 0.3 is 5.97 Å². The van der Waals surface area contributed by atoms with Crippen LogP contribution in [-0.2, 0) is 24.8 Å². The van der Waals surface area contributed by atoms with Gasteiger partial charge in [-0.3, -0.25) is 0 Å². The molecule has 2 aromatic carbocycles. The summed E-state index contributed by atoms with van der Waals surface area (Å²) >= 11 is 14.9. The molecule has 0 radical (unpaired) electrons. The highest BCUT2D eigenvalue weighted by Gasteiger charge is 2.22. The topological polar surface area (TPSA) is 101 Å². The van der Waals surface area contributed by atoms with Gasteiger partial charge in [-0.25, -0.2) is 30.2 Å². The summed E-state index contributed by atoms with van der Waals surface area (Å²) in [6.07, 6.45) is 0. The molecule has 0 saturated heterocycles. The lowest BCUT2D eigenvalue weighted by Gasteiger charge is -2.12. The summed E-state index contributed by atoms with van der Waals surface area (Å²) in [6, 6.07) is 8.57. The summed E-state index contributed by atoms with van der Waals surface area (Å²) in [6.45, 7) is 0. The first-order chi connectivity index (χ1) is 14.2. The lowest BCUT2D eigenvalue weighted by Crippen LogP contribution is -2.22. The molecule has 0 saturated carbocycles. The molecule has 0 atom stereocenters. The Labute approximate surface area is 200 Å². The van der Waals surface area contributed by atoms with E-state index in [0.29, 0.717) is 0 Å². The van der Waals surface area contributed by atoms with Crippen molar-refractivity contribution in [2.24, 2.45) is 0 Å². The number of ether oxygens (including phenoxy) is 1. The van der Waals surface area contributed by atoms with Crippen LogP contribution in [0.3, 0.4) is 0 Å². The Balaban J connectivity index is 0.000000316. The molecule has 0 amide bonds. The minimum Gasteiger partial charge on any atom is -0.465 e. The third kappa shape index (κ3) is 6.88. The number of rotatable bonds is 5. The fourth-order valence-corrected chi connectivity index (χ4v) is 5.35. The van der Waals surface area contributed by atoms with Gasteiger partial charge in [-0.05, 0) is 36.4 Å². The number of halogens is 3. The summed E-state index contributed by atoms with van der Waals surface area (Å²) in [5.74, 6) is -0.569. The number of sulfonamides is 2. The van der Waals surface area contributed by atoms with E-state index < -0.39 is 26.0 Å². The van der Waals surface area contributed by atoms with E-state index in [-0.39, 0.29) is 25.4 Å². The highest BCUT2D eigenvalue weighted by molar-refractivity contribution is 9.10. The Morgan fingerprint density at radius 1 is 0.839 bits per heavy atom. The van der Waals surface area contributed by atoms with Crippen molar-refractivity contribution >= 4 is 65.1 Å². The Morgan fingerprint density at radius 2 is 1.26 bits per heavy atom. The van der Waals surface area contributed by atoms with Gasteiger partial charge in [-0.2, -0.15) is 0 Å². The first kappa shape index (κ1) is 27.8. The van der Waals surface area contributed by atoms with Gasteiger partial charge in [-0.1, -0.05) is 39.1 Å². The number of methoxy groups -OCH3 is 1. The maximum atomic E-state index is 11.8. The van der Waals surface area contributed by atoms with Crippen LogP contribution in [-0.4, -0.2) is 66.7 Å². The van der Waals surface area contributed by atoms with E-state index in [1.807, 2.05) is 0 Å². The van der Waals surface area contributed by atoms with Gasteiger partial charge in [-0.15, -0.1) is 0 Å².